The summed E-state index contributed by atoms with van der Waals surface area (Å²) in [7, 11) is 1.58. The molecule has 0 radical (unpaired) electrons. The smallest absolute Gasteiger partial charge is 0.311 e. The van der Waals surface area contributed by atoms with Crippen molar-refractivity contribution in [3.05, 3.63) is 0 Å². The van der Waals surface area contributed by atoms with Crippen molar-refractivity contribution in [2.24, 2.45) is 22.7 Å². The maximum Gasteiger partial charge on any atom is 0.311 e. The van der Waals surface area contributed by atoms with E-state index in [1.54, 1.807) is 7.11 Å². The standard InChI is InChI=1S/C23H36O6/c1-14-12-16(27-15(2)24)18-20(3,4)8-7-9-21(18,5)23(14)11-10-22(29-23)13-17(25)28-19(22)26-6/h14,16,18-19H,7-13H2,1-6H3/t14-,16-,18+,19-,21+,22+,23-/m0/s1. The van der Waals surface area contributed by atoms with Gasteiger partial charge in [-0.3, -0.25) is 9.59 Å². The molecule has 0 amide bonds. The van der Waals surface area contributed by atoms with Crippen molar-refractivity contribution in [2.75, 3.05) is 7.11 Å². The average molecular weight is 409 g/mol. The number of carbonyl (C=O) groups excluding carboxylic acids is 2. The molecule has 2 saturated heterocycles. The summed E-state index contributed by atoms with van der Waals surface area (Å²) in [4.78, 5) is 24.0. The van der Waals surface area contributed by atoms with Crippen LogP contribution in [0.1, 0.15) is 79.6 Å². The first-order valence-electron chi connectivity index (χ1n) is 11.1. The highest BCUT2D eigenvalue weighted by Crippen LogP contribution is 2.69. The van der Waals surface area contributed by atoms with E-state index < -0.39 is 11.9 Å². The van der Waals surface area contributed by atoms with E-state index in [4.69, 9.17) is 18.9 Å². The van der Waals surface area contributed by atoms with Gasteiger partial charge in [-0.1, -0.05) is 34.1 Å². The fourth-order valence-corrected chi connectivity index (χ4v) is 7.80. The van der Waals surface area contributed by atoms with E-state index in [-0.39, 0.29) is 52.7 Å². The Bertz CT molecular complexity index is 703. The Labute approximate surface area is 174 Å². The van der Waals surface area contributed by atoms with E-state index in [9.17, 15) is 9.59 Å². The molecule has 7 atom stereocenters. The van der Waals surface area contributed by atoms with Crippen molar-refractivity contribution in [3.8, 4) is 0 Å². The van der Waals surface area contributed by atoms with Crippen LogP contribution in [-0.2, 0) is 28.5 Å². The number of cyclic esters (lactones) is 1. The molecule has 2 heterocycles. The third-order valence-electron chi connectivity index (χ3n) is 8.71. The maximum absolute atomic E-state index is 12.1. The van der Waals surface area contributed by atoms with Crippen LogP contribution in [0, 0.1) is 22.7 Å². The minimum Gasteiger partial charge on any atom is -0.462 e. The molecular formula is C23H36O6. The molecule has 0 aromatic rings. The second-order valence-electron chi connectivity index (χ2n) is 10.8. The van der Waals surface area contributed by atoms with Crippen LogP contribution >= 0.6 is 0 Å². The molecule has 2 spiro atoms. The molecule has 6 nitrogen and oxygen atoms in total. The molecule has 2 aliphatic heterocycles. The van der Waals surface area contributed by atoms with Crippen molar-refractivity contribution in [3.63, 3.8) is 0 Å². The first-order chi connectivity index (χ1) is 13.5. The number of ether oxygens (including phenoxy) is 4. The Balaban J connectivity index is 1.76. The molecule has 164 valence electrons. The van der Waals surface area contributed by atoms with Gasteiger partial charge in [0.05, 0.1) is 12.0 Å². The van der Waals surface area contributed by atoms with Crippen molar-refractivity contribution in [1.82, 2.24) is 0 Å². The van der Waals surface area contributed by atoms with E-state index >= 15 is 0 Å². The first kappa shape index (κ1) is 21.1. The Hall–Kier alpha value is -1.14. The van der Waals surface area contributed by atoms with E-state index in [1.165, 1.54) is 6.92 Å². The predicted octanol–water partition coefficient (Wildman–Crippen LogP) is 4.00. The van der Waals surface area contributed by atoms with Crippen LogP contribution < -0.4 is 0 Å². The van der Waals surface area contributed by atoms with Crippen LogP contribution in [0.25, 0.3) is 0 Å². The molecule has 0 unspecified atom stereocenters. The number of rotatable bonds is 2. The highest BCUT2D eigenvalue weighted by atomic mass is 16.7. The number of methoxy groups -OCH3 is 1. The summed E-state index contributed by atoms with van der Waals surface area (Å²) in [5, 5.41) is 0. The second kappa shape index (κ2) is 6.68. The molecule has 0 bridgehead atoms. The molecule has 6 heteroatoms. The van der Waals surface area contributed by atoms with Gasteiger partial charge < -0.3 is 18.9 Å². The lowest BCUT2D eigenvalue weighted by Gasteiger charge is -2.65. The van der Waals surface area contributed by atoms with Gasteiger partial charge in [0, 0.05) is 25.4 Å². The number of carbonyl (C=O) groups is 2. The van der Waals surface area contributed by atoms with Gasteiger partial charge in [0.15, 0.2) is 0 Å². The van der Waals surface area contributed by atoms with Gasteiger partial charge in [-0.25, -0.2) is 0 Å². The monoisotopic (exact) mass is 408 g/mol. The molecule has 2 saturated carbocycles. The molecular weight excluding hydrogens is 372 g/mol. The van der Waals surface area contributed by atoms with Gasteiger partial charge in [0.1, 0.15) is 11.7 Å². The number of hydrogen-bond acceptors (Lipinski definition) is 6. The first-order valence-corrected chi connectivity index (χ1v) is 11.1. The molecule has 4 fully saturated rings. The maximum atomic E-state index is 12.1. The summed E-state index contributed by atoms with van der Waals surface area (Å²) < 4.78 is 23.9. The Morgan fingerprint density at radius 3 is 2.52 bits per heavy atom. The molecule has 4 rings (SSSR count). The van der Waals surface area contributed by atoms with Crippen molar-refractivity contribution in [1.29, 1.82) is 0 Å². The van der Waals surface area contributed by atoms with Crippen LogP contribution in [0.2, 0.25) is 0 Å². The highest BCUT2D eigenvalue weighted by Gasteiger charge is 2.72. The summed E-state index contributed by atoms with van der Waals surface area (Å²) >= 11 is 0. The van der Waals surface area contributed by atoms with Crippen LogP contribution in [0.4, 0.5) is 0 Å². The zero-order valence-electron chi connectivity index (χ0n) is 18.7. The number of esters is 2. The van der Waals surface area contributed by atoms with Crippen LogP contribution in [-0.4, -0.2) is 42.6 Å². The van der Waals surface area contributed by atoms with Gasteiger partial charge in [-0.15, -0.1) is 0 Å². The largest absolute Gasteiger partial charge is 0.462 e. The summed E-state index contributed by atoms with van der Waals surface area (Å²) in [5.41, 5.74) is -1.19. The van der Waals surface area contributed by atoms with Crippen molar-refractivity contribution < 1.29 is 28.5 Å². The molecule has 29 heavy (non-hydrogen) atoms. The average Bonchev–Trinajstić information content (AvgIpc) is 3.13. The molecule has 4 aliphatic rings. The predicted molar refractivity (Wildman–Crippen MR) is 106 cm³/mol. The molecule has 2 aliphatic carbocycles. The van der Waals surface area contributed by atoms with E-state index in [2.05, 4.69) is 27.7 Å². The van der Waals surface area contributed by atoms with Gasteiger partial charge >= 0.3 is 11.9 Å². The van der Waals surface area contributed by atoms with E-state index in [0.717, 1.165) is 38.5 Å². The zero-order chi connectivity index (χ0) is 21.2. The summed E-state index contributed by atoms with van der Waals surface area (Å²) in [5.74, 6) is -0.0478. The van der Waals surface area contributed by atoms with E-state index in [1.807, 2.05) is 0 Å². The normalized spacial score (nSPS) is 48.6. The quantitative estimate of drug-likeness (QED) is 0.643. The Morgan fingerprint density at radius 2 is 1.86 bits per heavy atom. The van der Waals surface area contributed by atoms with Crippen molar-refractivity contribution in [2.45, 2.75) is 103 Å². The van der Waals surface area contributed by atoms with E-state index in [0.29, 0.717) is 0 Å². The van der Waals surface area contributed by atoms with Gasteiger partial charge in [-0.05, 0) is 43.4 Å². The topological polar surface area (TPSA) is 71.1 Å². The lowest BCUT2D eigenvalue weighted by molar-refractivity contribution is -0.293. The van der Waals surface area contributed by atoms with Gasteiger partial charge in [0.2, 0.25) is 6.29 Å². The Morgan fingerprint density at radius 1 is 1.14 bits per heavy atom. The molecule has 0 aromatic carbocycles. The lowest BCUT2D eigenvalue weighted by Crippen LogP contribution is -2.67. The highest BCUT2D eigenvalue weighted by molar-refractivity contribution is 5.73. The number of fused-ring (bicyclic) bond motifs is 2. The zero-order valence-corrected chi connectivity index (χ0v) is 18.7. The minimum absolute atomic E-state index is 0.0437. The molecule has 0 aromatic heterocycles. The summed E-state index contributed by atoms with van der Waals surface area (Å²) in [6, 6.07) is 0. The van der Waals surface area contributed by atoms with Gasteiger partial charge in [0.25, 0.3) is 0 Å². The third kappa shape index (κ3) is 2.88. The fourth-order valence-electron chi connectivity index (χ4n) is 7.80. The summed E-state index contributed by atoms with van der Waals surface area (Å²) in [6.45, 7) is 10.7. The third-order valence-corrected chi connectivity index (χ3v) is 8.71. The molecule has 0 N–H and O–H groups in total. The SMILES string of the molecule is CO[C@H]1OC(=O)C[C@]12CC[C@]1(O2)[C@@H](C)C[C@H](OC(C)=O)[C@@H]2C(C)(C)CCC[C@]21C. The van der Waals surface area contributed by atoms with Gasteiger partial charge in [-0.2, -0.15) is 0 Å². The van der Waals surface area contributed by atoms with Crippen LogP contribution in [0.3, 0.4) is 0 Å². The lowest BCUT2D eigenvalue weighted by atomic mass is 9.43. The minimum atomic E-state index is -0.705. The van der Waals surface area contributed by atoms with Crippen molar-refractivity contribution >= 4 is 11.9 Å². The Kier molecular flexibility index (Phi) is 4.86. The van der Waals surface area contributed by atoms with Crippen LogP contribution in [0.15, 0.2) is 0 Å². The number of hydrogen-bond donors (Lipinski definition) is 0. The second-order valence-corrected chi connectivity index (χ2v) is 10.8. The summed E-state index contributed by atoms with van der Waals surface area (Å²) in [6.07, 6.45) is 5.18. The fraction of sp³-hybridized carbons (Fsp3) is 0.913. The van der Waals surface area contributed by atoms with Crippen LogP contribution in [0.5, 0.6) is 0 Å².